The lowest BCUT2D eigenvalue weighted by molar-refractivity contribution is 1.32. The molecule has 12 heavy (non-hydrogen) atoms. The van der Waals surface area contributed by atoms with Crippen molar-refractivity contribution in [1.29, 1.82) is 0 Å². The van der Waals surface area contributed by atoms with Crippen LogP contribution in [-0.4, -0.2) is 9.97 Å². The van der Waals surface area contributed by atoms with Crippen molar-refractivity contribution in [2.24, 2.45) is 0 Å². The Labute approximate surface area is 70.9 Å². The molecule has 60 valence electrons. The Morgan fingerprint density at radius 1 is 1.58 bits per heavy atom. The van der Waals surface area contributed by atoms with Crippen molar-refractivity contribution in [3.63, 3.8) is 0 Å². The molecule has 2 aromatic rings. The smallest absolute Gasteiger partial charge is 0.0888 e. The molecule has 2 aromatic heterocycles. The van der Waals surface area contributed by atoms with Crippen molar-refractivity contribution < 1.29 is 0 Å². The van der Waals surface area contributed by atoms with Gasteiger partial charge in [-0.2, -0.15) is 0 Å². The maximum atomic E-state index is 4.37. The number of aromatic nitrogens is 2. The fourth-order valence-electron chi connectivity index (χ4n) is 1.34. The summed E-state index contributed by atoms with van der Waals surface area (Å²) in [5, 5.41) is 0. The Hall–Kier alpha value is -1.57. The largest absolute Gasteiger partial charge is 0.360 e. The molecule has 0 aromatic carbocycles. The van der Waals surface area contributed by atoms with Gasteiger partial charge in [0.25, 0.3) is 0 Å². The molecule has 2 heterocycles. The number of rotatable bonds is 1. The average molecular weight is 158 g/mol. The van der Waals surface area contributed by atoms with E-state index >= 15 is 0 Å². The van der Waals surface area contributed by atoms with Gasteiger partial charge in [-0.15, -0.1) is 0 Å². The minimum atomic E-state index is 0.930. The van der Waals surface area contributed by atoms with Gasteiger partial charge < -0.3 is 4.98 Å². The molecule has 0 saturated heterocycles. The van der Waals surface area contributed by atoms with Crippen molar-refractivity contribution in [3.8, 4) is 0 Å². The number of nitrogens with zero attached hydrogens (tertiary/aromatic N) is 1. The number of H-pyrrole nitrogens is 1. The molecular formula is C10H10N2. The Bertz CT molecular complexity index is 426. The Morgan fingerprint density at radius 3 is 3.17 bits per heavy atom. The van der Waals surface area contributed by atoms with Crippen LogP contribution in [0, 0.1) is 6.92 Å². The molecule has 0 unspecified atom stereocenters. The number of fused-ring (bicyclic) bond motifs is 1. The molecule has 2 nitrogen and oxygen atoms in total. The summed E-state index contributed by atoms with van der Waals surface area (Å²) in [4.78, 5) is 7.51. The van der Waals surface area contributed by atoms with Crippen LogP contribution < -0.4 is 0 Å². The zero-order chi connectivity index (χ0) is 8.55. The van der Waals surface area contributed by atoms with Gasteiger partial charge in [-0.1, -0.05) is 6.58 Å². The fourth-order valence-corrected chi connectivity index (χ4v) is 1.34. The van der Waals surface area contributed by atoms with Crippen LogP contribution in [0.5, 0.6) is 0 Å². The number of nitrogens with one attached hydrogen (secondary N) is 1. The molecule has 0 saturated carbocycles. The molecule has 0 bridgehead atoms. The quantitative estimate of drug-likeness (QED) is 0.678. The minimum absolute atomic E-state index is 0.930. The van der Waals surface area contributed by atoms with Crippen molar-refractivity contribution in [2.45, 2.75) is 6.92 Å². The summed E-state index contributed by atoms with van der Waals surface area (Å²) in [6.07, 6.45) is 3.66. The van der Waals surface area contributed by atoms with E-state index in [2.05, 4.69) is 23.5 Å². The number of hydrogen-bond acceptors (Lipinski definition) is 1. The normalized spacial score (nSPS) is 10.4. The third-order valence-corrected chi connectivity index (χ3v) is 1.94. The summed E-state index contributed by atoms with van der Waals surface area (Å²) >= 11 is 0. The molecule has 0 spiro atoms. The van der Waals surface area contributed by atoms with Gasteiger partial charge in [0.2, 0.25) is 0 Å². The van der Waals surface area contributed by atoms with Crippen molar-refractivity contribution >= 4 is 17.1 Å². The van der Waals surface area contributed by atoms with Crippen LogP contribution in [-0.2, 0) is 0 Å². The van der Waals surface area contributed by atoms with E-state index in [-0.39, 0.29) is 0 Å². The Balaban J connectivity index is 2.83. The van der Waals surface area contributed by atoms with E-state index in [9.17, 15) is 0 Å². The van der Waals surface area contributed by atoms with Gasteiger partial charge in [0.1, 0.15) is 0 Å². The zero-order valence-electron chi connectivity index (χ0n) is 6.96. The van der Waals surface area contributed by atoms with Crippen molar-refractivity contribution in [1.82, 2.24) is 9.97 Å². The second kappa shape index (κ2) is 2.48. The van der Waals surface area contributed by atoms with E-state index in [1.165, 1.54) is 5.56 Å². The molecule has 0 aliphatic carbocycles. The van der Waals surface area contributed by atoms with Crippen LogP contribution in [0.15, 0.2) is 24.9 Å². The highest BCUT2D eigenvalue weighted by Crippen LogP contribution is 2.15. The molecule has 2 rings (SSSR count). The topological polar surface area (TPSA) is 28.7 Å². The first-order valence-electron chi connectivity index (χ1n) is 3.88. The Kier molecular flexibility index (Phi) is 1.47. The number of hydrogen-bond donors (Lipinski definition) is 1. The van der Waals surface area contributed by atoms with E-state index in [4.69, 9.17) is 0 Å². The van der Waals surface area contributed by atoms with Crippen molar-refractivity contribution in [3.05, 3.63) is 36.2 Å². The number of aryl methyl sites for hydroxylation is 1. The standard InChI is InChI=1S/C10H10N2/c1-3-8-6-7(2)10-9(12-8)4-5-11-10/h3-6,11H,1H2,2H3. The lowest BCUT2D eigenvalue weighted by Crippen LogP contribution is -1.84. The molecule has 0 atom stereocenters. The van der Waals surface area contributed by atoms with Crippen LogP contribution in [0.1, 0.15) is 11.3 Å². The van der Waals surface area contributed by atoms with Gasteiger partial charge >= 0.3 is 0 Å². The van der Waals surface area contributed by atoms with E-state index in [0.29, 0.717) is 0 Å². The molecule has 1 N–H and O–H groups in total. The molecule has 0 fully saturated rings. The van der Waals surface area contributed by atoms with Crippen molar-refractivity contribution in [2.75, 3.05) is 0 Å². The SMILES string of the molecule is C=Cc1cc(C)c2[nH]ccc2n1. The van der Waals surface area contributed by atoms with Crippen LogP contribution in [0.2, 0.25) is 0 Å². The maximum Gasteiger partial charge on any atom is 0.0888 e. The molecule has 2 heteroatoms. The number of pyridine rings is 1. The molecule has 0 radical (unpaired) electrons. The molecular weight excluding hydrogens is 148 g/mol. The third kappa shape index (κ3) is 0.925. The highest BCUT2D eigenvalue weighted by Gasteiger charge is 1.99. The van der Waals surface area contributed by atoms with Gasteiger partial charge in [-0.05, 0) is 30.7 Å². The van der Waals surface area contributed by atoms with Gasteiger partial charge in [0.15, 0.2) is 0 Å². The van der Waals surface area contributed by atoms with Gasteiger partial charge in [-0.3, -0.25) is 0 Å². The summed E-state index contributed by atoms with van der Waals surface area (Å²) in [5.41, 5.74) is 4.25. The third-order valence-electron chi connectivity index (χ3n) is 1.94. The van der Waals surface area contributed by atoms with E-state index in [0.717, 1.165) is 16.7 Å². The minimum Gasteiger partial charge on any atom is -0.360 e. The second-order valence-electron chi connectivity index (χ2n) is 2.81. The van der Waals surface area contributed by atoms with Gasteiger partial charge in [0, 0.05) is 6.20 Å². The predicted molar refractivity (Wildman–Crippen MR) is 50.9 cm³/mol. The first-order chi connectivity index (χ1) is 5.81. The second-order valence-corrected chi connectivity index (χ2v) is 2.81. The lowest BCUT2D eigenvalue weighted by atomic mass is 10.2. The fraction of sp³-hybridized carbons (Fsp3) is 0.100. The summed E-state index contributed by atoms with van der Waals surface area (Å²) in [6, 6.07) is 3.99. The molecule has 0 aliphatic heterocycles. The van der Waals surface area contributed by atoms with E-state index in [1.54, 1.807) is 6.08 Å². The lowest BCUT2D eigenvalue weighted by Gasteiger charge is -1.97. The first-order valence-corrected chi connectivity index (χ1v) is 3.88. The maximum absolute atomic E-state index is 4.37. The van der Waals surface area contributed by atoms with Crippen LogP contribution in [0.3, 0.4) is 0 Å². The number of aromatic amines is 1. The highest BCUT2D eigenvalue weighted by atomic mass is 14.8. The summed E-state index contributed by atoms with van der Waals surface area (Å²) in [7, 11) is 0. The zero-order valence-corrected chi connectivity index (χ0v) is 6.96. The van der Waals surface area contributed by atoms with Crippen LogP contribution >= 0.6 is 0 Å². The van der Waals surface area contributed by atoms with Crippen LogP contribution in [0.4, 0.5) is 0 Å². The molecule has 0 amide bonds. The first kappa shape index (κ1) is 7.10. The average Bonchev–Trinajstić information content (AvgIpc) is 2.52. The van der Waals surface area contributed by atoms with E-state index in [1.807, 2.05) is 18.3 Å². The summed E-state index contributed by atoms with van der Waals surface area (Å²) in [6.45, 7) is 5.75. The van der Waals surface area contributed by atoms with Gasteiger partial charge in [0.05, 0.1) is 16.7 Å². The Morgan fingerprint density at radius 2 is 2.42 bits per heavy atom. The van der Waals surface area contributed by atoms with Crippen LogP contribution in [0.25, 0.3) is 17.1 Å². The summed E-state index contributed by atoms with van der Waals surface area (Å²) < 4.78 is 0. The highest BCUT2D eigenvalue weighted by molar-refractivity contribution is 5.79. The van der Waals surface area contributed by atoms with E-state index < -0.39 is 0 Å². The summed E-state index contributed by atoms with van der Waals surface area (Å²) in [5.74, 6) is 0. The monoisotopic (exact) mass is 158 g/mol. The van der Waals surface area contributed by atoms with Gasteiger partial charge in [-0.25, -0.2) is 4.98 Å². The predicted octanol–water partition coefficient (Wildman–Crippen LogP) is 2.51. The molecule has 0 aliphatic rings.